The molecule has 0 saturated carbocycles. The van der Waals surface area contributed by atoms with Gasteiger partial charge < -0.3 is 15.2 Å². The summed E-state index contributed by atoms with van der Waals surface area (Å²) in [6, 6.07) is 14.1. The van der Waals surface area contributed by atoms with E-state index in [4.69, 9.17) is 26.8 Å². The van der Waals surface area contributed by atoms with Gasteiger partial charge in [-0.3, -0.25) is 4.90 Å². The minimum Gasteiger partial charge on any atom is -0.466 e. The Kier molecular flexibility index (Phi) is 7.29. The van der Waals surface area contributed by atoms with Crippen LogP contribution in [0.5, 0.6) is 0 Å². The minimum absolute atomic E-state index is 0.0434. The van der Waals surface area contributed by atoms with Crippen LogP contribution in [0.4, 0.5) is 5.69 Å². The van der Waals surface area contributed by atoms with Crippen molar-refractivity contribution in [1.82, 2.24) is 0 Å². The zero-order valence-corrected chi connectivity index (χ0v) is 20.8. The smallest absolute Gasteiger partial charge is 0.355 e. The highest BCUT2D eigenvalue weighted by Gasteiger charge is 2.43. The van der Waals surface area contributed by atoms with Crippen LogP contribution in [0.25, 0.3) is 0 Å². The van der Waals surface area contributed by atoms with Crippen LogP contribution in [0.15, 0.2) is 74.1 Å². The minimum atomic E-state index is -0.941. The first kappa shape index (κ1) is 23.9. The van der Waals surface area contributed by atoms with Gasteiger partial charge in [-0.1, -0.05) is 41.9 Å². The van der Waals surface area contributed by atoms with Gasteiger partial charge >= 0.3 is 11.9 Å². The number of carbonyl (C=O) groups is 2. The molecule has 0 fully saturated rings. The normalized spacial score (nSPS) is 16.0. The molecule has 2 aromatic rings. The molecule has 0 aliphatic carbocycles. The summed E-state index contributed by atoms with van der Waals surface area (Å²) in [5.41, 5.74) is 7.23. The number of carbonyl (C=O) groups excluding carboxylic acids is 2. The van der Waals surface area contributed by atoms with E-state index >= 15 is 0 Å². The third-order valence-corrected chi connectivity index (χ3v) is 6.24. The number of methoxy groups -OCH3 is 2. The average Bonchev–Trinajstić information content (AvgIpc) is 2.78. The predicted molar refractivity (Wildman–Crippen MR) is 126 cm³/mol. The van der Waals surface area contributed by atoms with Gasteiger partial charge in [0.25, 0.3) is 0 Å². The zero-order valence-electron chi connectivity index (χ0n) is 16.9. The summed E-state index contributed by atoms with van der Waals surface area (Å²) in [5.74, 6) is -2.62. The third kappa shape index (κ3) is 4.13. The van der Waals surface area contributed by atoms with Crippen molar-refractivity contribution in [3.8, 4) is 6.07 Å². The van der Waals surface area contributed by atoms with E-state index in [1.165, 1.54) is 19.1 Å². The molecule has 32 heavy (non-hydrogen) atoms. The molecular weight excluding hydrogens is 566 g/mol. The lowest BCUT2D eigenvalue weighted by Gasteiger charge is -2.36. The van der Waals surface area contributed by atoms with Crippen molar-refractivity contribution in [1.29, 1.82) is 5.26 Å². The second-order valence-corrected chi connectivity index (χ2v) is 8.70. The quantitative estimate of drug-likeness (QED) is 0.519. The Morgan fingerprint density at radius 3 is 2.16 bits per heavy atom. The molecule has 0 radical (unpaired) electrons. The second kappa shape index (κ2) is 9.77. The fourth-order valence-electron chi connectivity index (χ4n) is 3.49. The Bertz CT molecular complexity index is 1180. The molecule has 0 spiro atoms. The highest BCUT2D eigenvalue weighted by molar-refractivity contribution is 9.11. The summed E-state index contributed by atoms with van der Waals surface area (Å²) >= 11 is 13.0. The fraction of sp³-hybridized carbons (Fsp3) is 0.136. The number of benzene rings is 2. The van der Waals surface area contributed by atoms with Gasteiger partial charge in [-0.15, -0.1) is 0 Å². The molecule has 1 unspecified atom stereocenters. The van der Waals surface area contributed by atoms with Crippen LogP contribution < -0.4 is 10.6 Å². The maximum Gasteiger partial charge on any atom is 0.355 e. The number of allylic oxidation sites excluding steroid dienone is 1. The highest BCUT2D eigenvalue weighted by atomic mass is 79.9. The van der Waals surface area contributed by atoms with Gasteiger partial charge in [0.2, 0.25) is 0 Å². The number of hydrogen-bond acceptors (Lipinski definition) is 7. The molecule has 0 saturated heterocycles. The maximum absolute atomic E-state index is 13.0. The van der Waals surface area contributed by atoms with Crippen LogP contribution in [-0.4, -0.2) is 26.2 Å². The zero-order chi connectivity index (χ0) is 23.6. The number of halogens is 3. The van der Waals surface area contributed by atoms with Crippen molar-refractivity contribution in [2.45, 2.75) is 5.92 Å². The Labute approximate surface area is 206 Å². The van der Waals surface area contributed by atoms with Crippen molar-refractivity contribution in [2.24, 2.45) is 5.73 Å². The van der Waals surface area contributed by atoms with Crippen LogP contribution in [-0.2, 0) is 19.1 Å². The van der Waals surface area contributed by atoms with E-state index in [9.17, 15) is 14.9 Å². The number of nitrogens with zero attached hydrogens (tertiary/aromatic N) is 2. The summed E-state index contributed by atoms with van der Waals surface area (Å²) in [4.78, 5) is 27.4. The topological polar surface area (TPSA) is 106 Å². The summed E-state index contributed by atoms with van der Waals surface area (Å²) in [7, 11) is 2.38. The Morgan fingerprint density at radius 1 is 1.09 bits per heavy atom. The Hall–Kier alpha value is -2.80. The van der Waals surface area contributed by atoms with Crippen molar-refractivity contribution in [3.05, 3.63) is 84.7 Å². The van der Waals surface area contributed by atoms with Crippen LogP contribution in [0.3, 0.4) is 0 Å². The lowest BCUT2D eigenvalue weighted by Crippen LogP contribution is -2.41. The molecule has 1 heterocycles. The van der Waals surface area contributed by atoms with E-state index in [-0.39, 0.29) is 22.7 Å². The van der Waals surface area contributed by atoms with Gasteiger partial charge in [0.05, 0.1) is 43.0 Å². The summed E-state index contributed by atoms with van der Waals surface area (Å²) in [6.07, 6.45) is 0. The van der Waals surface area contributed by atoms with Crippen molar-refractivity contribution >= 4 is 61.1 Å². The summed E-state index contributed by atoms with van der Waals surface area (Å²) in [6.45, 7) is 0. The molecule has 7 nitrogen and oxygen atoms in total. The first-order valence-electron chi connectivity index (χ1n) is 9.06. The lowest BCUT2D eigenvalue weighted by atomic mass is 9.81. The van der Waals surface area contributed by atoms with Crippen molar-refractivity contribution in [3.63, 3.8) is 0 Å². The number of hydrogen-bond donors (Lipinski definition) is 1. The van der Waals surface area contributed by atoms with Gasteiger partial charge in [0, 0.05) is 14.0 Å². The van der Waals surface area contributed by atoms with E-state index in [1.807, 2.05) is 0 Å². The molecule has 10 heteroatoms. The second-order valence-electron chi connectivity index (χ2n) is 6.55. The molecule has 3 rings (SSSR count). The average molecular weight is 582 g/mol. The first-order valence-corrected chi connectivity index (χ1v) is 11.0. The maximum atomic E-state index is 13.0. The van der Waals surface area contributed by atoms with Crippen LogP contribution in [0, 0.1) is 11.3 Å². The van der Waals surface area contributed by atoms with Crippen molar-refractivity contribution in [2.75, 3.05) is 19.1 Å². The number of esters is 2. The predicted octanol–water partition coefficient (Wildman–Crippen LogP) is 4.76. The number of nitrogens with two attached hydrogens (primary N) is 1. The molecule has 0 bridgehead atoms. The lowest BCUT2D eigenvalue weighted by molar-refractivity contribution is -0.139. The molecule has 0 aromatic heterocycles. The van der Waals surface area contributed by atoms with Gasteiger partial charge in [-0.05, 0) is 49.6 Å². The number of anilines is 1. The number of rotatable bonds is 4. The van der Waals surface area contributed by atoms with E-state index in [1.54, 1.807) is 42.5 Å². The molecule has 1 aliphatic heterocycles. The highest BCUT2D eigenvalue weighted by Crippen LogP contribution is 2.47. The van der Waals surface area contributed by atoms with Crippen LogP contribution in [0.1, 0.15) is 11.5 Å². The standard InChI is InChI=1S/C22H16Br2ClN3O4/c1-31-21(29)17-16(11-6-4-3-5-7-11)13(10-26)20(27)28(19(17)22(30)32-2)18-14(23)8-12(25)9-15(18)24/h3-9,16H,27H2,1-2H3. The van der Waals surface area contributed by atoms with Crippen molar-refractivity contribution < 1.29 is 19.1 Å². The fourth-order valence-corrected chi connectivity index (χ4v) is 5.52. The molecule has 1 atom stereocenters. The van der Waals surface area contributed by atoms with Gasteiger partial charge in [0.1, 0.15) is 11.5 Å². The van der Waals surface area contributed by atoms with E-state index in [0.29, 0.717) is 25.2 Å². The molecule has 1 aliphatic rings. The molecule has 164 valence electrons. The van der Waals surface area contributed by atoms with E-state index in [0.717, 1.165) is 0 Å². The van der Waals surface area contributed by atoms with E-state index < -0.39 is 17.9 Å². The summed E-state index contributed by atoms with van der Waals surface area (Å²) < 4.78 is 10.9. The number of ether oxygens (including phenoxy) is 2. The molecule has 2 aromatic carbocycles. The first-order chi connectivity index (χ1) is 15.3. The van der Waals surface area contributed by atoms with Crippen LogP contribution >= 0.6 is 43.5 Å². The SMILES string of the molecule is COC(=O)C1=C(C(=O)OC)N(c2c(Br)cc(Cl)cc2Br)C(N)=C(C#N)C1c1ccccc1. The Balaban J connectivity index is 2.48. The monoisotopic (exact) mass is 579 g/mol. The summed E-state index contributed by atoms with van der Waals surface area (Å²) in [5, 5.41) is 10.5. The van der Waals surface area contributed by atoms with E-state index in [2.05, 4.69) is 37.9 Å². The molecular formula is C22H16Br2ClN3O4. The van der Waals surface area contributed by atoms with Gasteiger partial charge in [0.15, 0.2) is 0 Å². The Morgan fingerprint density at radius 2 is 1.66 bits per heavy atom. The van der Waals surface area contributed by atoms with Crippen LogP contribution in [0.2, 0.25) is 5.02 Å². The molecule has 2 N–H and O–H groups in total. The number of nitriles is 1. The van der Waals surface area contributed by atoms with Gasteiger partial charge in [-0.2, -0.15) is 5.26 Å². The molecule has 0 amide bonds. The largest absolute Gasteiger partial charge is 0.466 e. The van der Waals surface area contributed by atoms with Gasteiger partial charge in [-0.25, -0.2) is 9.59 Å². The third-order valence-electron chi connectivity index (χ3n) is 4.82.